The molecule has 0 aliphatic rings. The van der Waals surface area contributed by atoms with E-state index in [1.807, 2.05) is 0 Å². The van der Waals surface area contributed by atoms with Gasteiger partial charge in [0.1, 0.15) is 18.4 Å². The Hall–Kier alpha value is -3.95. The van der Waals surface area contributed by atoms with Crippen molar-refractivity contribution in [3.63, 3.8) is 0 Å². The molecule has 0 fully saturated rings. The Bertz CT molecular complexity index is 1500. The van der Waals surface area contributed by atoms with Gasteiger partial charge in [-0.1, -0.05) is 66.7 Å². The molecule has 4 aromatic carbocycles. The minimum Gasteiger partial charge on any atom is -0.460 e. The second kappa shape index (κ2) is 11.2. The molecular formula is C26H19F5NO5P. The van der Waals surface area contributed by atoms with Crippen molar-refractivity contribution in [3.8, 4) is 11.5 Å². The molecule has 4 rings (SSSR count). The Balaban J connectivity index is 1.67. The van der Waals surface area contributed by atoms with Gasteiger partial charge in [-0.2, -0.15) is 13.9 Å². The number of halogens is 5. The third kappa shape index (κ3) is 5.79. The summed E-state index contributed by atoms with van der Waals surface area (Å²) < 4.78 is 99.1. The van der Waals surface area contributed by atoms with Crippen molar-refractivity contribution in [1.82, 2.24) is 5.09 Å². The highest BCUT2D eigenvalue weighted by molar-refractivity contribution is 7.52. The molecule has 0 aliphatic heterocycles. The van der Waals surface area contributed by atoms with E-state index in [0.717, 1.165) is 0 Å². The average molecular weight is 551 g/mol. The number of rotatable bonds is 9. The number of esters is 1. The van der Waals surface area contributed by atoms with E-state index < -0.39 is 54.6 Å². The van der Waals surface area contributed by atoms with Crippen LogP contribution < -0.4 is 14.1 Å². The van der Waals surface area contributed by atoms with Crippen molar-refractivity contribution in [3.05, 3.63) is 107 Å². The van der Waals surface area contributed by atoms with Gasteiger partial charge >= 0.3 is 13.7 Å². The first-order valence-corrected chi connectivity index (χ1v) is 12.6. The van der Waals surface area contributed by atoms with Crippen LogP contribution in [0.3, 0.4) is 0 Å². The third-order valence-corrected chi connectivity index (χ3v) is 6.84. The number of benzene rings is 4. The summed E-state index contributed by atoms with van der Waals surface area (Å²) in [7, 11) is -5.07. The Morgan fingerprint density at radius 2 is 1.37 bits per heavy atom. The Morgan fingerprint density at radius 1 is 0.789 bits per heavy atom. The maximum absolute atomic E-state index is 14.4. The van der Waals surface area contributed by atoms with Gasteiger partial charge in [0.25, 0.3) is 0 Å². The van der Waals surface area contributed by atoms with E-state index in [1.54, 1.807) is 60.7 Å². The van der Waals surface area contributed by atoms with E-state index in [1.165, 1.54) is 19.1 Å². The maximum Gasteiger partial charge on any atom is 0.513 e. The van der Waals surface area contributed by atoms with Crippen molar-refractivity contribution in [2.75, 3.05) is 0 Å². The number of fused-ring (bicyclic) bond motifs is 1. The summed E-state index contributed by atoms with van der Waals surface area (Å²) in [6.07, 6.45) is 0. The van der Waals surface area contributed by atoms with Gasteiger partial charge in [-0.3, -0.25) is 4.79 Å². The van der Waals surface area contributed by atoms with Crippen LogP contribution in [0.25, 0.3) is 10.8 Å². The monoisotopic (exact) mass is 551 g/mol. The van der Waals surface area contributed by atoms with E-state index in [0.29, 0.717) is 16.3 Å². The molecule has 0 radical (unpaired) electrons. The molecule has 198 valence electrons. The Morgan fingerprint density at radius 3 is 2.05 bits per heavy atom. The van der Waals surface area contributed by atoms with E-state index in [9.17, 15) is 31.3 Å². The van der Waals surface area contributed by atoms with Crippen LogP contribution in [0.1, 0.15) is 12.5 Å². The molecule has 4 aromatic rings. The molecule has 0 amide bonds. The zero-order valence-electron chi connectivity index (χ0n) is 19.6. The van der Waals surface area contributed by atoms with Crippen LogP contribution >= 0.6 is 7.75 Å². The minimum absolute atomic E-state index is 0.118. The number of carbonyl (C=O) groups excluding carboxylic acids is 1. The summed E-state index contributed by atoms with van der Waals surface area (Å²) in [5.41, 5.74) is 0.640. The second-order valence-corrected chi connectivity index (χ2v) is 9.62. The molecule has 2 atom stereocenters. The highest BCUT2D eigenvalue weighted by Gasteiger charge is 2.38. The summed E-state index contributed by atoms with van der Waals surface area (Å²) in [5, 5.41) is 3.16. The predicted molar refractivity (Wildman–Crippen MR) is 128 cm³/mol. The molecule has 12 heteroatoms. The standard InChI is InChI=1S/C26H19F5NO5P/c1-15(26(33)35-14-16-8-3-2-4-9-16)32-38(34,36-19-13-7-11-17-10-5-6-12-18(17)19)37-25-23(30)21(28)20(27)22(29)24(25)31/h2-13,15H,14H2,1H3,(H,32,34)/t15-,38?/m0/s1. The van der Waals surface area contributed by atoms with Crippen LogP contribution in [0.15, 0.2) is 72.8 Å². The quantitative estimate of drug-likeness (QED) is 0.0809. The number of hydrogen-bond acceptors (Lipinski definition) is 5. The highest BCUT2D eigenvalue weighted by atomic mass is 31.2. The van der Waals surface area contributed by atoms with Gasteiger partial charge in [-0.15, -0.1) is 0 Å². The van der Waals surface area contributed by atoms with Crippen LogP contribution in [0.2, 0.25) is 0 Å². The normalized spacial score (nSPS) is 13.5. The lowest BCUT2D eigenvalue weighted by Crippen LogP contribution is -2.36. The summed E-state index contributed by atoms with van der Waals surface area (Å²) >= 11 is 0. The fraction of sp³-hybridized carbons (Fsp3) is 0.115. The maximum atomic E-state index is 14.4. The Labute approximate surface area is 213 Å². The molecule has 1 unspecified atom stereocenters. The molecule has 1 N–H and O–H groups in total. The molecule has 0 aliphatic carbocycles. The van der Waals surface area contributed by atoms with Crippen molar-refractivity contribution in [2.45, 2.75) is 19.6 Å². The van der Waals surface area contributed by atoms with Gasteiger partial charge in [-0.25, -0.2) is 17.7 Å². The summed E-state index contributed by atoms with van der Waals surface area (Å²) in [6.45, 7) is 1.03. The first-order chi connectivity index (χ1) is 18.1. The van der Waals surface area contributed by atoms with Gasteiger partial charge in [0.05, 0.1) is 0 Å². The molecule has 6 nitrogen and oxygen atoms in total. The molecular weight excluding hydrogens is 532 g/mol. The smallest absolute Gasteiger partial charge is 0.460 e. The molecule has 0 spiro atoms. The average Bonchev–Trinajstić information content (AvgIpc) is 2.92. The Kier molecular flexibility index (Phi) is 7.99. The fourth-order valence-corrected chi connectivity index (χ4v) is 4.95. The lowest BCUT2D eigenvalue weighted by atomic mass is 10.1. The molecule has 38 heavy (non-hydrogen) atoms. The molecule has 0 bridgehead atoms. The molecule has 0 saturated heterocycles. The molecule has 0 saturated carbocycles. The highest BCUT2D eigenvalue weighted by Crippen LogP contribution is 2.49. The zero-order chi connectivity index (χ0) is 27.4. The first kappa shape index (κ1) is 27.1. The fourth-order valence-electron chi connectivity index (χ4n) is 3.40. The van der Waals surface area contributed by atoms with Gasteiger partial charge in [0.2, 0.25) is 34.8 Å². The third-order valence-electron chi connectivity index (χ3n) is 5.28. The van der Waals surface area contributed by atoms with Crippen LogP contribution in [0.4, 0.5) is 22.0 Å². The number of ether oxygens (including phenoxy) is 1. The van der Waals surface area contributed by atoms with E-state index in [4.69, 9.17) is 13.8 Å². The van der Waals surface area contributed by atoms with Crippen LogP contribution in [-0.4, -0.2) is 12.0 Å². The van der Waals surface area contributed by atoms with Gasteiger partial charge in [-0.05, 0) is 23.9 Å². The van der Waals surface area contributed by atoms with E-state index in [2.05, 4.69) is 5.09 Å². The summed E-state index contributed by atoms with van der Waals surface area (Å²) in [4.78, 5) is 12.6. The van der Waals surface area contributed by atoms with E-state index >= 15 is 0 Å². The SMILES string of the molecule is C[C@H](NP(=O)(Oc1c(F)c(F)c(F)c(F)c1F)Oc1cccc2ccccc12)C(=O)OCc1ccccc1. The zero-order valence-corrected chi connectivity index (χ0v) is 20.5. The lowest BCUT2D eigenvalue weighted by Gasteiger charge is -2.24. The predicted octanol–water partition coefficient (Wildman–Crippen LogP) is 6.82. The first-order valence-electron chi connectivity index (χ1n) is 11.1. The summed E-state index contributed by atoms with van der Waals surface area (Å²) in [5.74, 6) is -14.7. The van der Waals surface area contributed by atoms with Crippen molar-refractivity contribution in [1.29, 1.82) is 0 Å². The molecule has 0 heterocycles. The lowest BCUT2D eigenvalue weighted by molar-refractivity contribution is -0.146. The van der Waals surface area contributed by atoms with E-state index in [-0.39, 0.29) is 12.4 Å². The largest absolute Gasteiger partial charge is 0.513 e. The van der Waals surface area contributed by atoms with Gasteiger partial charge in [0, 0.05) is 5.39 Å². The molecule has 0 aromatic heterocycles. The van der Waals surface area contributed by atoms with Crippen molar-refractivity contribution in [2.24, 2.45) is 0 Å². The topological polar surface area (TPSA) is 73.9 Å². The van der Waals surface area contributed by atoms with Crippen molar-refractivity contribution >= 4 is 24.5 Å². The van der Waals surface area contributed by atoms with Gasteiger partial charge in [0.15, 0.2) is 0 Å². The van der Waals surface area contributed by atoms with Crippen LogP contribution in [-0.2, 0) is 20.7 Å². The number of hydrogen-bond donors (Lipinski definition) is 1. The van der Waals surface area contributed by atoms with Crippen molar-refractivity contribution < 1.29 is 45.1 Å². The second-order valence-electron chi connectivity index (χ2n) is 8.00. The van der Waals surface area contributed by atoms with Crippen LogP contribution in [0, 0.1) is 29.1 Å². The summed E-state index contributed by atoms with van der Waals surface area (Å²) in [6, 6.07) is 18.2. The number of nitrogens with one attached hydrogen (secondary N) is 1. The van der Waals surface area contributed by atoms with Crippen LogP contribution in [0.5, 0.6) is 11.5 Å². The van der Waals surface area contributed by atoms with Gasteiger partial charge < -0.3 is 13.8 Å². The number of carbonyl (C=O) groups is 1. The minimum atomic E-state index is -5.07.